The molecule has 0 aliphatic carbocycles. The van der Waals surface area contributed by atoms with Crippen molar-refractivity contribution in [2.45, 2.75) is 19.1 Å². The summed E-state index contributed by atoms with van der Waals surface area (Å²) in [6, 6.07) is 11.2. The van der Waals surface area contributed by atoms with Gasteiger partial charge in [-0.3, -0.25) is 9.59 Å². The van der Waals surface area contributed by atoms with Crippen LogP contribution in [0.4, 0.5) is 22.0 Å². The third-order valence-electron chi connectivity index (χ3n) is 4.97. The minimum atomic E-state index is -5.08. The summed E-state index contributed by atoms with van der Waals surface area (Å²) in [5, 5.41) is 10.3. The molecule has 1 heterocycles. The highest BCUT2D eigenvalue weighted by Gasteiger charge is 2.38. The Balaban J connectivity index is 0.000000540. The van der Waals surface area contributed by atoms with Crippen LogP contribution in [0.2, 0.25) is 0 Å². The summed E-state index contributed by atoms with van der Waals surface area (Å²) in [7, 11) is 0. The molecule has 2 amide bonds. The number of carboxylic acid groups (broad SMARTS) is 1. The molecule has 1 aliphatic heterocycles. The molecule has 12 heteroatoms. The molecule has 0 bridgehead atoms. The maximum absolute atomic E-state index is 13.2. The molecule has 0 unspecified atom stereocenters. The number of hydrogen-bond acceptors (Lipinski definition) is 4. The van der Waals surface area contributed by atoms with E-state index in [0.29, 0.717) is 18.7 Å². The van der Waals surface area contributed by atoms with Crippen LogP contribution in [0, 0.1) is 11.6 Å². The van der Waals surface area contributed by atoms with Gasteiger partial charge in [0.2, 0.25) is 5.91 Å². The number of nitrogens with zero attached hydrogens (tertiary/aromatic N) is 2. The van der Waals surface area contributed by atoms with Crippen LogP contribution in [-0.4, -0.2) is 71.6 Å². The molecule has 0 spiro atoms. The number of rotatable bonds is 6. The van der Waals surface area contributed by atoms with Crippen molar-refractivity contribution < 1.29 is 41.4 Å². The second-order valence-electron chi connectivity index (χ2n) is 7.54. The largest absolute Gasteiger partial charge is 0.490 e. The molecule has 2 aromatic rings. The molecule has 0 aromatic heterocycles. The molecule has 1 saturated heterocycles. The van der Waals surface area contributed by atoms with Gasteiger partial charge >= 0.3 is 12.1 Å². The van der Waals surface area contributed by atoms with Crippen LogP contribution in [-0.2, 0) is 16.1 Å². The smallest absolute Gasteiger partial charge is 0.475 e. The molecular formula is C23H24F5N3O4. The zero-order chi connectivity index (χ0) is 26.0. The molecule has 2 aromatic carbocycles. The Morgan fingerprint density at radius 1 is 0.914 bits per heavy atom. The van der Waals surface area contributed by atoms with Gasteiger partial charge in [0.1, 0.15) is 11.6 Å². The molecule has 2 N–H and O–H groups in total. The number of aliphatic carboxylic acids is 1. The first-order valence-corrected chi connectivity index (χ1v) is 10.5. The lowest BCUT2D eigenvalue weighted by atomic mass is 10.1. The van der Waals surface area contributed by atoms with E-state index in [-0.39, 0.29) is 37.1 Å². The highest BCUT2D eigenvalue weighted by molar-refractivity contribution is 5.94. The van der Waals surface area contributed by atoms with E-state index >= 15 is 0 Å². The normalized spacial score (nSPS) is 13.5. The number of carbonyl (C=O) groups excluding carboxylic acids is 2. The fourth-order valence-corrected chi connectivity index (χ4v) is 3.14. The van der Waals surface area contributed by atoms with Crippen molar-refractivity contribution >= 4 is 17.8 Å². The average Bonchev–Trinajstić information content (AvgIpc) is 2.83. The molecule has 0 radical (unpaired) electrons. The molecule has 35 heavy (non-hydrogen) atoms. The van der Waals surface area contributed by atoms with Crippen molar-refractivity contribution in [3.63, 3.8) is 0 Å². The third-order valence-corrected chi connectivity index (χ3v) is 4.97. The van der Waals surface area contributed by atoms with Crippen molar-refractivity contribution in [1.29, 1.82) is 0 Å². The Morgan fingerprint density at radius 2 is 1.40 bits per heavy atom. The summed E-state index contributed by atoms with van der Waals surface area (Å²) < 4.78 is 58.1. The fraction of sp³-hybridized carbons (Fsp3) is 0.348. The fourth-order valence-electron chi connectivity index (χ4n) is 3.14. The van der Waals surface area contributed by atoms with E-state index in [1.807, 2.05) is 0 Å². The number of alkyl halides is 3. The number of carbonyl (C=O) groups is 3. The Bertz CT molecular complexity index is 992. The second-order valence-corrected chi connectivity index (χ2v) is 7.54. The lowest BCUT2D eigenvalue weighted by molar-refractivity contribution is -0.192. The van der Waals surface area contributed by atoms with E-state index < -0.39 is 18.0 Å². The first kappa shape index (κ1) is 27.7. The van der Waals surface area contributed by atoms with Gasteiger partial charge in [-0.05, 0) is 42.0 Å². The molecule has 0 atom stereocenters. The zero-order valence-electron chi connectivity index (χ0n) is 18.5. The number of hydrogen-bond donors (Lipinski definition) is 2. The first-order valence-electron chi connectivity index (χ1n) is 10.5. The maximum Gasteiger partial charge on any atom is 0.490 e. The number of nitrogens with one attached hydrogen (secondary N) is 1. The van der Waals surface area contributed by atoms with Crippen molar-refractivity contribution in [2.24, 2.45) is 0 Å². The Kier molecular flexibility index (Phi) is 10.1. The summed E-state index contributed by atoms with van der Waals surface area (Å²) in [5.74, 6) is -3.83. The van der Waals surface area contributed by atoms with E-state index in [0.717, 1.165) is 18.7 Å². The average molecular weight is 501 g/mol. The van der Waals surface area contributed by atoms with E-state index in [1.54, 1.807) is 21.9 Å². The minimum Gasteiger partial charge on any atom is -0.475 e. The minimum absolute atomic E-state index is 0.00230. The van der Waals surface area contributed by atoms with Crippen LogP contribution in [0.25, 0.3) is 0 Å². The van der Waals surface area contributed by atoms with Gasteiger partial charge in [0, 0.05) is 51.3 Å². The number of halogens is 5. The van der Waals surface area contributed by atoms with Gasteiger partial charge in [-0.2, -0.15) is 13.2 Å². The SMILES string of the molecule is O=C(CCN(Cc1ccc(F)cc1)C(=O)c1ccc(F)cc1)N1CCNCC1.O=C(O)C(F)(F)F. The van der Waals surface area contributed by atoms with E-state index in [2.05, 4.69) is 5.32 Å². The number of benzene rings is 2. The first-order chi connectivity index (χ1) is 16.5. The van der Waals surface area contributed by atoms with Crippen LogP contribution in [0.1, 0.15) is 22.3 Å². The molecule has 7 nitrogen and oxygen atoms in total. The molecule has 1 aliphatic rings. The Labute approximate surface area is 198 Å². The standard InChI is InChI=1S/C21H23F2N3O2.C2HF3O2/c22-18-5-1-16(2-6-18)15-26(21(28)17-3-7-19(23)8-4-17)12-9-20(27)25-13-10-24-11-14-25;3-2(4,5)1(6)7/h1-8,24H,9-15H2;(H,6,7). The number of carboxylic acids is 1. The highest BCUT2D eigenvalue weighted by Crippen LogP contribution is 2.14. The summed E-state index contributed by atoms with van der Waals surface area (Å²) in [5.41, 5.74) is 1.10. The van der Waals surface area contributed by atoms with Crippen molar-refractivity contribution in [3.05, 3.63) is 71.3 Å². The predicted octanol–water partition coefficient (Wildman–Crippen LogP) is 3.06. The van der Waals surface area contributed by atoms with Gasteiger partial charge in [0.15, 0.2) is 0 Å². The van der Waals surface area contributed by atoms with Gasteiger partial charge in [0.25, 0.3) is 5.91 Å². The molecular weight excluding hydrogens is 477 g/mol. The van der Waals surface area contributed by atoms with Crippen molar-refractivity contribution in [2.75, 3.05) is 32.7 Å². The molecule has 3 rings (SSSR count). The van der Waals surface area contributed by atoms with Crippen molar-refractivity contribution in [1.82, 2.24) is 15.1 Å². The monoisotopic (exact) mass is 501 g/mol. The molecule has 1 fully saturated rings. The van der Waals surface area contributed by atoms with E-state index in [4.69, 9.17) is 9.90 Å². The quantitative estimate of drug-likeness (QED) is 0.594. The maximum atomic E-state index is 13.2. The second kappa shape index (κ2) is 12.8. The zero-order valence-corrected chi connectivity index (χ0v) is 18.5. The lowest BCUT2D eigenvalue weighted by Crippen LogP contribution is -2.47. The molecule has 190 valence electrons. The van der Waals surface area contributed by atoms with Gasteiger partial charge in [-0.15, -0.1) is 0 Å². The summed E-state index contributed by atoms with van der Waals surface area (Å²) >= 11 is 0. The van der Waals surface area contributed by atoms with Crippen LogP contribution >= 0.6 is 0 Å². The van der Waals surface area contributed by atoms with E-state index in [1.165, 1.54) is 36.4 Å². The van der Waals surface area contributed by atoms with Gasteiger partial charge < -0.3 is 20.2 Å². The number of amides is 2. The Hall–Kier alpha value is -3.54. The van der Waals surface area contributed by atoms with Crippen LogP contribution < -0.4 is 5.32 Å². The number of piperazine rings is 1. The summed E-state index contributed by atoms with van der Waals surface area (Å²) in [6.45, 7) is 3.31. The topological polar surface area (TPSA) is 90.0 Å². The van der Waals surface area contributed by atoms with Gasteiger partial charge in [-0.25, -0.2) is 13.6 Å². The Morgan fingerprint density at radius 3 is 1.89 bits per heavy atom. The van der Waals surface area contributed by atoms with E-state index in [9.17, 15) is 31.5 Å². The van der Waals surface area contributed by atoms with Gasteiger partial charge in [-0.1, -0.05) is 12.1 Å². The highest BCUT2D eigenvalue weighted by atomic mass is 19.4. The summed E-state index contributed by atoms with van der Waals surface area (Å²) in [6.07, 6.45) is -4.88. The van der Waals surface area contributed by atoms with Crippen molar-refractivity contribution in [3.8, 4) is 0 Å². The van der Waals surface area contributed by atoms with Crippen LogP contribution in [0.5, 0.6) is 0 Å². The lowest BCUT2D eigenvalue weighted by Gasteiger charge is -2.29. The summed E-state index contributed by atoms with van der Waals surface area (Å²) in [4.78, 5) is 37.6. The van der Waals surface area contributed by atoms with Gasteiger partial charge in [0.05, 0.1) is 0 Å². The third kappa shape index (κ3) is 9.32. The van der Waals surface area contributed by atoms with Crippen LogP contribution in [0.3, 0.4) is 0 Å². The predicted molar refractivity (Wildman–Crippen MR) is 115 cm³/mol. The molecule has 0 saturated carbocycles. The van der Waals surface area contributed by atoms with Crippen LogP contribution in [0.15, 0.2) is 48.5 Å².